The third-order valence-corrected chi connectivity index (χ3v) is 14.4. The van der Waals surface area contributed by atoms with Crippen LogP contribution in [0.3, 0.4) is 0 Å². The lowest BCUT2D eigenvalue weighted by Gasteiger charge is -2.41. The zero-order chi connectivity index (χ0) is 44.6. The SMILES string of the molecule is C1=CC2c3ccc(/C=C/c4ccc(N(c5ccccc5)c5ccccc5)cc4)cc3C3(c4ccccc4C4C=CC(/C=C/c5ccc(N(c6ccccc6)c6ccccc6)cc5)=CC43)C2C=C1. The maximum Gasteiger partial charge on any atom is 0.0462 e. The number of allylic oxidation sites excluding steroid dienone is 9. The fraction of sp³-hybridized carbons (Fsp3) is 0.0769. The lowest BCUT2D eigenvalue weighted by atomic mass is 9.61. The van der Waals surface area contributed by atoms with E-state index in [1.165, 1.54) is 44.5 Å². The molecule has 8 aromatic carbocycles. The predicted molar refractivity (Wildman–Crippen MR) is 282 cm³/mol. The second kappa shape index (κ2) is 17.3. The molecule has 0 aliphatic heterocycles. The summed E-state index contributed by atoms with van der Waals surface area (Å²) >= 11 is 0. The molecule has 0 bridgehead atoms. The van der Waals surface area contributed by atoms with E-state index >= 15 is 0 Å². The smallest absolute Gasteiger partial charge is 0.0462 e. The fourth-order valence-electron chi connectivity index (χ4n) is 11.5. The minimum absolute atomic E-state index is 0.212. The highest BCUT2D eigenvalue weighted by Crippen LogP contribution is 2.67. The van der Waals surface area contributed by atoms with E-state index in [1.54, 1.807) is 0 Å². The molecular formula is C65H50N2. The van der Waals surface area contributed by atoms with Crippen LogP contribution < -0.4 is 9.80 Å². The monoisotopic (exact) mass is 858 g/mol. The standard InChI is InChI=1S/C65H50N2/c1-5-17-51(18-6-1)66(52-19-7-2-8-20-52)55-39-33-47(34-40-55)29-31-49-37-43-59-57-25-13-15-27-61(57)65(63(59)45-49)62-28-16-14-26-58(62)60-44-38-50(46-64(60)65)32-30-48-35-41-56(42-36-48)67(53-21-9-3-10-22-53)54-23-11-4-12-24-54/h1-46,57,60-61,64H/b31-29+,32-30+. The highest BCUT2D eigenvalue weighted by molar-refractivity contribution is 5.80. The molecule has 67 heavy (non-hydrogen) atoms. The highest BCUT2D eigenvalue weighted by atomic mass is 15.1. The van der Waals surface area contributed by atoms with Gasteiger partial charge in [0.2, 0.25) is 0 Å². The molecule has 0 N–H and O–H groups in total. The van der Waals surface area contributed by atoms with Gasteiger partial charge in [0.05, 0.1) is 0 Å². The second-order valence-corrected chi connectivity index (χ2v) is 18.1. The number of benzene rings is 8. The Morgan fingerprint density at radius 3 is 1.34 bits per heavy atom. The van der Waals surface area contributed by atoms with Gasteiger partial charge < -0.3 is 9.80 Å². The molecule has 5 atom stereocenters. The average Bonchev–Trinajstić information content (AvgIpc) is 3.86. The topological polar surface area (TPSA) is 6.48 Å². The van der Waals surface area contributed by atoms with Crippen LogP contribution in [0.2, 0.25) is 0 Å². The van der Waals surface area contributed by atoms with E-state index in [0.717, 1.165) is 34.1 Å². The predicted octanol–water partition coefficient (Wildman–Crippen LogP) is 16.8. The van der Waals surface area contributed by atoms with Crippen LogP contribution in [-0.2, 0) is 5.41 Å². The molecule has 0 saturated heterocycles. The first kappa shape index (κ1) is 40.3. The van der Waals surface area contributed by atoms with Gasteiger partial charge in [-0.15, -0.1) is 0 Å². The Balaban J connectivity index is 0.868. The van der Waals surface area contributed by atoms with E-state index in [-0.39, 0.29) is 11.3 Å². The Bertz CT molecular complexity index is 3150. The van der Waals surface area contributed by atoms with Gasteiger partial charge in [-0.05, 0) is 117 Å². The molecular weight excluding hydrogens is 809 g/mol. The van der Waals surface area contributed by atoms with Crippen LogP contribution in [0.25, 0.3) is 18.2 Å². The van der Waals surface area contributed by atoms with Gasteiger partial charge >= 0.3 is 0 Å². The Kier molecular flexibility index (Phi) is 10.4. The summed E-state index contributed by atoms with van der Waals surface area (Å²) in [6.07, 6.45) is 26.1. The molecule has 2 heteroatoms. The molecule has 0 saturated carbocycles. The largest absolute Gasteiger partial charge is 0.311 e. The number of nitrogens with zero attached hydrogens (tertiary/aromatic N) is 2. The number of rotatable bonds is 10. The molecule has 2 nitrogen and oxygen atoms in total. The number of anilines is 6. The van der Waals surface area contributed by atoms with Crippen molar-refractivity contribution in [2.24, 2.45) is 11.8 Å². The molecule has 0 heterocycles. The van der Waals surface area contributed by atoms with Crippen molar-refractivity contribution in [3.8, 4) is 0 Å². The van der Waals surface area contributed by atoms with Crippen molar-refractivity contribution in [3.05, 3.63) is 305 Å². The maximum absolute atomic E-state index is 2.60. The molecule has 0 radical (unpaired) electrons. The normalized spacial score (nSPS) is 20.7. The van der Waals surface area contributed by atoms with Crippen molar-refractivity contribution >= 4 is 52.4 Å². The summed E-state index contributed by atoms with van der Waals surface area (Å²) in [7, 11) is 0. The Labute approximate surface area is 394 Å². The van der Waals surface area contributed by atoms with Crippen LogP contribution in [-0.4, -0.2) is 0 Å². The first-order chi connectivity index (χ1) is 33.2. The van der Waals surface area contributed by atoms with Crippen molar-refractivity contribution in [3.63, 3.8) is 0 Å². The van der Waals surface area contributed by atoms with E-state index in [9.17, 15) is 0 Å². The lowest BCUT2D eigenvalue weighted by Crippen LogP contribution is -2.38. The Morgan fingerprint density at radius 2 is 0.776 bits per heavy atom. The zero-order valence-corrected chi connectivity index (χ0v) is 37.3. The Hall–Kier alpha value is -8.20. The van der Waals surface area contributed by atoms with Gasteiger partial charge in [-0.25, -0.2) is 0 Å². The van der Waals surface area contributed by atoms with Crippen molar-refractivity contribution in [2.75, 3.05) is 9.80 Å². The zero-order valence-electron chi connectivity index (χ0n) is 37.3. The minimum Gasteiger partial charge on any atom is -0.311 e. The van der Waals surface area contributed by atoms with Crippen molar-refractivity contribution < 1.29 is 0 Å². The number of para-hydroxylation sites is 4. The molecule has 12 rings (SSSR count). The van der Waals surface area contributed by atoms with E-state index in [1.807, 2.05) is 0 Å². The van der Waals surface area contributed by atoms with Crippen LogP contribution >= 0.6 is 0 Å². The van der Waals surface area contributed by atoms with Gasteiger partial charge in [-0.3, -0.25) is 0 Å². The number of fused-ring (bicyclic) bond motifs is 10. The summed E-state index contributed by atoms with van der Waals surface area (Å²) in [6, 6.07) is 76.8. The van der Waals surface area contributed by atoms with Crippen molar-refractivity contribution in [1.82, 2.24) is 0 Å². The first-order valence-corrected chi connectivity index (χ1v) is 23.6. The maximum atomic E-state index is 2.60. The lowest BCUT2D eigenvalue weighted by molar-refractivity contribution is 0.311. The summed E-state index contributed by atoms with van der Waals surface area (Å²) in [5, 5.41) is 0. The fourth-order valence-corrected chi connectivity index (χ4v) is 11.5. The molecule has 4 aliphatic rings. The minimum atomic E-state index is -0.212. The van der Waals surface area contributed by atoms with E-state index < -0.39 is 0 Å². The van der Waals surface area contributed by atoms with Crippen LogP contribution in [0, 0.1) is 11.8 Å². The third-order valence-electron chi connectivity index (χ3n) is 14.4. The summed E-state index contributed by atoms with van der Waals surface area (Å²) in [5.41, 5.74) is 17.3. The van der Waals surface area contributed by atoms with Gasteiger partial charge in [0.25, 0.3) is 0 Å². The van der Waals surface area contributed by atoms with Crippen molar-refractivity contribution in [1.29, 1.82) is 0 Å². The summed E-state index contributed by atoms with van der Waals surface area (Å²) in [6.45, 7) is 0. The molecule has 4 aliphatic carbocycles. The van der Waals surface area contributed by atoms with Gasteiger partial charge in [-0.1, -0.05) is 206 Å². The molecule has 8 aromatic rings. The van der Waals surface area contributed by atoms with Crippen molar-refractivity contribution in [2.45, 2.75) is 17.3 Å². The first-order valence-electron chi connectivity index (χ1n) is 23.6. The van der Waals surface area contributed by atoms with Gasteiger partial charge in [0.1, 0.15) is 0 Å². The number of hydrogen-bond donors (Lipinski definition) is 0. The molecule has 0 amide bonds. The van der Waals surface area contributed by atoms with Crippen LogP contribution in [0.1, 0.15) is 50.8 Å². The van der Waals surface area contributed by atoms with E-state index in [0.29, 0.717) is 17.8 Å². The van der Waals surface area contributed by atoms with E-state index in [4.69, 9.17) is 0 Å². The summed E-state index contributed by atoms with van der Waals surface area (Å²) in [4.78, 5) is 4.62. The van der Waals surface area contributed by atoms with Crippen LogP contribution in [0.5, 0.6) is 0 Å². The third kappa shape index (κ3) is 7.23. The number of hydrogen-bond acceptors (Lipinski definition) is 2. The quantitative estimate of drug-likeness (QED) is 0.126. The molecule has 0 fully saturated rings. The second-order valence-electron chi connectivity index (χ2n) is 18.1. The molecule has 0 aromatic heterocycles. The molecule has 1 spiro atoms. The van der Waals surface area contributed by atoms with Crippen LogP contribution in [0.4, 0.5) is 34.1 Å². The van der Waals surface area contributed by atoms with E-state index in [2.05, 4.69) is 289 Å². The summed E-state index contributed by atoms with van der Waals surface area (Å²) in [5.74, 6) is 1.18. The van der Waals surface area contributed by atoms with Gasteiger partial charge in [0.15, 0.2) is 0 Å². The van der Waals surface area contributed by atoms with Gasteiger partial charge in [0, 0.05) is 63.2 Å². The van der Waals surface area contributed by atoms with Gasteiger partial charge in [-0.2, -0.15) is 0 Å². The molecule has 320 valence electrons. The Morgan fingerprint density at radius 1 is 0.343 bits per heavy atom. The summed E-state index contributed by atoms with van der Waals surface area (Å²) < 4.78 is 0. The molecule has 5 unspecified atom stereocenters. The average molecular weight is 859 g/mol. The van der Waals surface area contributed by atoms with Crippen LogP contribution in [0.15, 0.2) is 267 Å². The highest BCUT2D eigenvalue weighted by Gasteiger charge is 2.61.